The second-order valence-corrected chi connectivity index (χ2v) is 6.12. The largest absolute Gasteiger partial charge is 0.497 e. The molecular weight excluding hydrogens is 340 g/mol. The average molecular weight is 362 g/mol. The van der Waals surface area contributed by atoms with Crippen LogP contribution in [0.2, 0.25) is 0 Å². The number of carbonyl (C=O) groups is 1. The van der Waals surface area contributed by atoms with E-state index in [0.717, 1.165) is 38.8 Å². The Hall–Kier alpha value is -2.58. The molecule has 1 N–H and O–H groups in total. The maximum absolute atomic E-state index is 12.4. The molecule has 0 aliphatic carbocycles. The van der Waals surface area contributed by atoms with Crippen molar-refractivity contribution in [2.45, 2.75) is 0 Å². The molecule has 0 atom stereocenters. The van der Waals surface area contributed by atoms with Gasteiger partial charge in [0.25, 0.3) is 0 Å². The standard InChI is InChI=1S/C18H22N2O6/c1-24-8-7-19-3-5-20(6-4-19)14-10-12(25-2)9-13-15(21)11-16(18(22)23)26-17(13)14/h9-11H,3-8H2,1-2H3,(H,22,23). The van der Waals surface area contributed by atoms with Crippen LogP contribution in [0.25, 0.3) is 11.0 Å². The molecule has 0 amide bonds. The zero-order valence-electron chi connectivity index (χ0n) is 14.9. The van der Waals surface area contributed by atoms with Gasteiger partial charge in [-0.25, -0.2) is 4.79 Å². The predicted molar refractivity (Wildman–Crippen MR) is 96.5 cm³/mol. The molecule has 0 radical (unpaired) electrons. The number of nitrogens with zero attached hydrogens (tertiary/aromatic N) is 2. The van der Waals surface area contributed by atoms with Gasteiger partial charge in [-0.15, -0.1) is 0 Å². The number of rotatable bonds is 6. The molecule has 0 spiro atoms. The molecule has 1 saturated heterocycles. The summed E-state index contributed by atoms with van der Waals surface area (Å²) in [4.78, 5) is 28.0. The summed E-state index contributed by atoms with van der Waals surface area (Å²) in [6.07, 6.45) is 0. The molecule has 140 valence electrons. The highest BCUT2D eigenvalue weighted by Gasteiger charge is 2.22. The minimum absolute atomic E-state index is 0.279. The molecule has 1 aliphatic heterocycles. The summed E-state index contributed by atoms with van der Waals surface area (Å²) in [5, 5.41) is 9.51. The smallest absolute Gasteiger partial charge is 0.371 e. The number of ether oxygens (including phenoxy) is 2. The van der Waals surface area contributed by atoms with Gasteiger partial charge in [0, 0.05) is 52.0 Å². The van der Waals surface area contributed by atoms with Crippen LogP contribution in [-0.2, 0) is 4.74 Å². The van der Waals surface area contributed by atoms with Crippen molar-refractivity contribution in [3.8, 4) is 5.75 Å². The monoisotopic (exact) mass is 362 g/mol. The van der Waals surface area contributed by atoms with E-state index in [-0.39, 0.29) is 11.3 Å². The third-order valence-electron chi connectivity index (χ3n) is 4.55. The quantitative estimate of drug-likeness (QED) is 0.821. The number of aromatic carboxylic acids is 1. The Labute approximate surface area is 150 Å². The van der Waals surface area contributed by atoms with E-state index in [1.54, 1.807) is 19.2 Å². The fraction of sp³-hybridized carbons (Fsp3) is 0.444. The maximum Gasteiger partial charge on any atom is 0.371 e. The van der Waals surface area contributed by atoms with Crippen LogP contribution < -0.4 is 15.1 Å². The van der Waals surface area contributed by atoms with Gasteiger partial charge in [0.1, 0.15) is 5.75 Å². The summed E-state index contributed by atoms with van der Waals surface area (Å²) in [5.74, 6) is -1.10. The van der Waals surface area contributed by atoms with Crippen LogP contribution in [0.15, 0.2) is 27.4 Å². The van der Waals surface area contributed by atoms with E-state index in [4.69, 9.17) is 13.9 Å². The molecule has 0 saturated carbocycles. The van der Waals surface area contributed by atoms with Crippen molar-refractivity contribution in [2.24, 2.45) is 0 Å². The second kappa shape index (κ2) is 7.76. The van der Waals surface area contributed by atoms with E-state index in [0.29, 0.717) is 23.4 Å². The minimum atomic E-state index is -1.27. The predicted octanol–water partition coefficient (Wildman–Crippen LogP) is 1.27. The lowest BCUT2D eigenvalue weighted by molar-refractivity contribution is 0.0663. The first-order valence-electron chi connectivity index (χ1n) is 8.39. The first-order valence-corrected chi connectivity index (χ1v) is 8.39. The minimum Gasteiger partial charge on any atom is -0.497 e. The first kappa shape index (κ1) is 18.2. The normalized spacial score (nSPS) is 15.4. The van der Waals surface area contributed by atoms with Crippen molar-refractivity contribution >= 4 is 22.6 Å². The van der Waals surface area contributed by atoms with E-state index in [9.17, 15) is 14.7 Å². The third-order valence-corrected chi connectivity index (χ3v) is 4.55. The lowest BCUT2D eigenvalue weighted by Gasteiger charge is -2.36. The van der Waals surface area contributed by atoms with E-state index in [1.165, 1.54) is 7.11 Å². The van der Waals surface area contributed by atoms with Crippen LogP contribution >= 0.6 is 0 Å². The molecule has 26 heavy (non-hydrogen) atoms. The molecule has 2 heterocycles. The van der Waals surface area contributed by atoms with Crippen LogP contribution in [0.5, 0.6) is 5.75 Å². The van der Waals surface area contributed by atoms with Crippen molar-refractivity contribution in [3.05, 3.63) is 34.2 Å². The molecule has 3 rings (SSSR count). The molecule has 1 fully saturated rings. The summed E-state index contributed by atoms with van der Waals surface area (Å²) in [6.45, 7) is 4.68. The van der Waals surface area contributed by atoms with Crippen LogP contribution in [0.4, 0.5) is 5.69 Å². The topological polar surface area (TPSA) is 92.5 Å². The fourth-order valence-corrected chi connectivity index (χ4v) is 3.11. The van der Waals surface area contributed by atoms with Crippen molar-refractivity contribution in [1.82, 2.24) is 4.90 Å². The number of methoxy groups -OCH3 is 2. The molecule has 0 bridgehead atoms. The zero-order chi connectivity index (χ0) is 18.7. The van der Waals surface area contributed by atoms with Gasteiger partial charge in [0.2, 0.25) is 5.76 Å². The van der Waals surface area contributed by atoms with Crippen molar-refractivity contribution in [3.63, 3.8) is 0 Å². The number of carboxylic acid groups (broad SMARTS) is 1. The van der Waals surface area contributed by atoms with E-state index in [2.05, 4.69) is 9.80 Å². The average Bonchev–Trinajstić information content (AvgIpc) is 2.66. The van der Waals surface area contributed by atoms with Crippen molar-refractivity contribution in [2.75, 3.05) is 58.5 Å². The van der Waals surface area contributed by atoms with Gasteiger partial charge in [0.05, 0.1) is 24.8 Å². The van der Waals surface area contributed by atoms with Gasteiger partial charge >= 0.3 is 5.97 Å². The molecule has 0 unspecified atom stereocenters. The summed E-state index contributed by atoms with van der Waals surface area (Å²) in [7, 11) is 3.21. The van der Waals surface area contributed by atoms with Crippen LogP contribution in [0.3, 0.4) is 0 Å². The third kappa shape index (κ3) is 3.66. The summed E-state index contributed by atoms with van der Waals surface area (Å²) >= 11 is 0. The fourth-order valence-electron chi connectivity index (χ4n) is 3.11. The first-order chi connectivity index (χ1) is 12.5. The molecule has 1 aromatic heterocycles. The lowest BCUT2D eigenvalue weighted by atomic mass is 10.1. The number of hydrogen-bond acceptors (Lipinski definition) is 7. The van der Waals surface area contributed by atoms with Gasteiger partial charge in [-0.2, -0.15) is 0 Å². The Morgan fingerprint density at radius 3 is 2.54 bits per heavy atom. The SMILES string of the molecule is COCCN1CCN(c2cc(OC)cc3c(=O)cc(C(=O)O)oc23)CC1. The molecule has 8 heteroatoms. The van der Waals surface area contributed by atoms with Gasteiger partial charge in [-0.05, 0) is 6.07 Å². The highest BCUT2D eigenvalue weighted by atomic mass is 16.5. The number of anilines is 1. The summed E-state index contributed by atoms with van der Waals surface area (Å²) in [5.41, 5.74) is 0.550. The maximum atomic E-state index is 12.4. The molecule has 2 aromatic rings. The lowest BCUT2D eigenvalue weighted by Crippen LogP contribution is -2.47. The highest BCUT2D eigenvalue weighted by molar-refractivity contribution is 5.93. The molecular formula is C18H22N2O6. The molecule has 8 nitrogen and oxygen atoms in total. The van der Waals surface area contributed by atoms with Crippen molar-refractivity contribution < 1.29 is 23.8 Å². The number of benzene rings is 1. The number of carboxylic acids is 1. The van der Waals surface area contributed by atoms with Gasteiger partial charge in [0.15, 0.2) is 11.0 Å². The van der Waals surface area contributed by atoms with Gasteiger partial charge in [-0.1, -0.05) is 0 Å². The summed E-state index contributed by atoms with van der Waals surface area (Å²) < 4.78 is 16.0. The van der Waals surface area contributed by atoms with Crippen LogP contribution in [-0.4, -0.2) is 69.5 Å². The van der Waals surface area contributed by atoms with Crippen LogP contribution in [0, 0.1) is 0 Å². The van der Waals surface area contributed by atoms with Gasteiger partial charge in [-0.3, -0.25) is 9.69 Å². The Balaban J connectivity index is 1.99. The zero-order valence-corrected chi connectivity index (χ0v) is 14.9. The number of piperazine rings is 1. The van der Waals surface area contributed by atoms with Crippen LogP contribution in [0.1, 0.15) is 10.6 Å². The number of fused-ring (bicyclic) bond motifs is 1. The number of hydrogen-bond donors (Lipinski definition) is 1. The van der Waals surface area contributed by atoms with E-state index >= 15 is 0 Å². The molecule has 1 aromatic carbocycles. The Bertz CT molecular complexity index is 855. The molecule has 1 aliphatic rings. The Morgan fingerprint density at radius 2 is 1.92 bits per heavy atom. The Morgan fingerprint density at radius 1 is 1.19 bits per heavy atom. The second-order valence-electron chi connectivity index (χ2n) is 6.12. The van der Waals surface area contributed by atoms with E-state index in [1.807, 2.05) is 0 Å². The van der Waals surface area contributed by atoms with E-state index < -0.39 is 11.4 Å². The van der Waals surface area contributed by atoms with Gasteiger partial charge < -0.3 is 23.9 Å². The Kier molecular flexibility index (Phi) is 5.43. The highest BCUT2D eigenvalue weighted by Crippen LogP contribution is 2.32. The van der Waals surface area contributed by atoms with Crippen molar-refractivity contribution in [1.29, 1.82) is 0 Å². The summed E-state index contributed by atoms with van der Waals surface area (Å²) in [6, 6.07) is 4.35.